The van der Waals surface area contributed by atoms with Crippen molar-refractivity contribution in [2.45, 2.75) is 53.2 Å². The Kier molecular flexibility index (Phi) is 10.4. The molecule has 1 N–H and O–H groups in total. The lowest BCUT2D eigenvalue weighted by Gasteiger charge is -2.27. The van der Waals surface area contributed by atoms with Gasteiger partial charge in [-0.05, 0) is 38.2 Å². The normalized spacial score (nSPS) is 12.6. The van der Waals surface area contributed by atoms with E-state index in [1.165, 1.54) is 5.56 Å². The van der Waals surface area contributed by atoms with E-state index in [0.717, 1.165) is 12.8 Å². The van der Waals surface area contributed by atoms with Crippen molar-refractivity contribution in [3.8, 4) is 0 Å². The summed E-state index contributed by atoms with van der Waals surface area (Å²) in [6, 6.07) is 10.2. The largest absolute Gasteiger partial charge is 0.356 e. The van der Waals surface area contributed by atoms with Crippen LogP contribution in [-0.4, -0.2) is 32.0 Å². The highest BCUT2D eigenvalue weighted by molar-refractivity contribution is 5.76. The minimum Gasteiger partial charge on any atom is -0.356 e. The summed E-state index contributed by atoms with van der Waals surface area (Å²) in [5, 5.41) is 3.02. The molecule has 24 heavy (non-hydrogen) atoms. The number of ether oxygens (including phenoxy) is 2. The minimum absolute atomic E-state index is 0.0704. The number of carbonyl (C=O) groups excluding carboxylic acids is 1. The molecule has 0 aliphatic carbocycles. The van der Waals surface area contributed by atoms with E-state index in [2.05, 4.69) is 31.3 Å². The maximum absolute atomic E-state index is 12.3. The monoisotopic (exact) mass is 335 g/mol. The molecule has 4 nitrogen and oxygen atoms in total. The molecular weight excluding hydrogens is 302 g/mol. The van der Waals surface area contributed by atoms with Gasteiger partial charge in [0.2, 0.25) is 5.91 Å². The quantitative estimate of drug-likeness (QED) is 0.591. The molecule has 0 saturated carbocycles. The van der Waals surface area contributed by atoms with E-state index in [0.29, 0.717) is 32.1 Å². The molecule has 1 rings (SSSR count). The Morgan fingerprint density at radius 3 is 2.25 bits per heavy atom. The molecule has 1 unspecified atom stereocenters. The van der Waals surface area contributed by atoms with E-state index in [4.69, 9.17) is 9.47 Å². The van der Waals surface area contributed by atoms with E-state index < -0.39 is 0 Å². The molecule has 0 saturated heterocycles. The second kappa shape index (κ2) is 12.0. The second-order valence-corrected chi connectivity index (χ2v) is 6.46. The second-order valence-electron chi connectivity index (χ2n) is 6.46. The van der Waals surface area contributed by atoms with Gasteiger partial charge in [-0.25, -0.2) is 0 Å². The molecule has 0 bridgehead atoms. The fraction of sp³-hybridized carbons (Fsp3) is 0.650. The summed E-state index contributed by atoms with van der Waals surface area (Å²) >= 11 is 0. The molecule has 0 aromatic heterocycles. The van der Waals surface area contributed by atoms with Gasteiger partial charge in [-0.3, -0.25) is 4.79 Å². The van der Waals surface area contributed by atoms with Crippen molar-refractivity contribution in [1.29, 1.82) is 0 Å². The average molecular weight is 335 g/mol. The third-order valence-electron chi connectivity index (χ3n) is 3.85. The number of carbonyl (C=O) groups is 1. The molecule has 0 heterocycles. The topological polar surface area (TPSA) is 47.6 Å². The number of amides is 1. The van der Waals surface area contributed by atoms with Crippen LogP contribution in [0.25, 0.3) is 0 Å². The Balaban J connectivity index is 2.49. The van der Waals surface area contributed by atoms with Crippen LogP contribution in [0.15, 0.2) is 30.3 Å². The van der Waals surface area contributed by atoms with Crippen molar-refractivity contribution in [3.05, 3.63) is 35.9 Å². The first-order valence-electron chi connectivity index (χ1n) is 9.10. The van der Waals surface area contributed by atoms with Gasteiger partial charge in [-0.1, -0.05) is 44.2 Å². The van der Waals surface area contributed by atoms with Crippen LogP contribution < -0.4 is 5.32 Å². The Morgan fingerprint density at radius 1 is 1.08 bits per heavy atom. The van der Waals surface area contributed by atoms with E-state index in [-0.39, 0.29) is 18.1 Å². The van der Waals surface area contributed by atoms with Crippen LogP contribution in [0.1, 0.15) is 46.1 Å². The summed E-state index contributed by atoms with van der Waals surface area (Å²) in [5.41, 5.74) is 1.23. The third-order valence-corrected chi connectivity index (χ3v) is 3.85. The molecule has 0 radical (unpaired) electrons. The van der Waals surface area contributed by atoms with Crippen LogP contribution in [0.3, 0.4) is 0 Å². The maximum atomic E-state index is 12.3. The summed E-state index contributed by atoms with van der Waals surface area (Å²) < 4.78 is 11.4. The summed E-state index contributed by atoms with van der Waals surface area (Å²) in [4.78, 5) is 12.3. The molecule has 1 atom stereocenters. The maximum Gasteiger partial charge on any atom is 0.220 e. The van der Waals surface area contributed by atoms with Crippen LogP contribution in [0.4, 0.5) is 0 Å². The van der Waals surface area contributed by atoms with Gasteiger partial charge in [0, 0.05) is 32.1 Å². The summed E-state index contributed by atoms with van der Waals surface area (Å²) in [5.74, 6) is 0.651. The molecular formula is C20H33NO3. The smallest absolute Gasteiger partial charge is 0.220 e. The van der Waals surface area contributed by atoms with E-state index in [9.17, 15) is 4.79 Å². The average Bonchev–Trinajstić information content (AvgIpc) is 2.54. The van der Waals surface area contributed by atoms with Gasteiger partial charge in [0.05, 0.1) is 0 Å². The molecule has 0 aliphatic heterocycles. The summed E-state index contributed by atoms with van der Waals surface area (Å²) in [7, 11) is 0. The zero-order valence-corrected chi connectivity index (χ0v) is 15.6. The SMILES string of the molecule is CCOC(OCC)C(CC(=O)NCCc1ccccc1)CC(C)C. The van der Waals surface area contributed by atoms with E-state index in [1.807, 2.05) is 32.0 Å². The van der Waals surface area contributed by atoms with Crippen molar-refractivity contribution in [2.24, 2.45) is 11.8 Å². The van der Waals surface area contributed by atoms with Gasteiger partial charge in [0.25, 0.3) is 0 Å². The van der Waals surface area contributed by atoms with Gasteiger partial charge < -0.3 is 14.8 Å². The van der Waals surface area contributed by atoms with Crippen molar-refractivity contribution >= 4 is 5.91 Å². The van der Waals surface area contributed by atoms with E-state index in [1.54, 1.807) is 0 Å². The Bertz CT molecular complexity index is 441. The number of hydrogen-bond acceptors (Lipinski definition) is 3. The highest BCUT2D eigenvalue weighted by atomic mass is 16.7. The van der Waals surface area contributed by atoms with Crippen molar-refractivity contribution in [1.82, 2.24) is 5.32 Å². The highest BCUT2D eigenvalue weighted by Crippen LogP contribution is 2.22. The molecule has 0 aliphatic rings. The van der Waals surface area contributed by atoms with Crippen molar-refractivity contribution in [3.63, 3.8) is 0 Å². The molecule has 4 heteroatoms. The first-order chi connectivity index (χ1) is 11.6. The molecule has 1 aromatic carbocycles. The lowest BCUT2D eigenvalue weighted by atomic mass is 9.93. The number of rotatable bonds is 12. The van der Waals surface area contributed by atoms with Gasteiger partial charge in [-0.15, -0.1) is 0 Å². The van der Waals surface area contributed by atoms with Crippen LogP contribution in [-0.2, 0) is 20.7 Å². The number of benzene rings is 1. The van der Waals surface area contributed by atoms with E-state index >= 15 is 0 Å². The van der Waals surface area contributed by atoms with Crippen LogP contribution in [0, 0.1) is 11.8 Å². The predicted octanol–water partition coefficient (Wildman–Crippen LogP) is 3.80. The minimum atomic E-state index is -0.303. The molecule has 0 spiro atoms. The molecule has 0 fully saturated rings. The van der Waals surface area contributed by atoms with Gasteiger partial charge in [-0.2, -0.15) is 0 Å². The Labute approximate surface area is 146 Å². The number of nitrogens with one attached hydrogen (secondary N) is 1. The fourth-order valence-electron chi connectivity index (χ4n) is 2.85. The van der Waals surface area contributed by atoms with Gasteiger partial charge in [0.1, 0.15) is 0 Å². The fourth-order valence-corrected chi connectivity index (χ4v) is 2.85. The Morgan fingerprint density at radius 2 is 1.71 bits per heavy atom. The Hall–Kier alpha value is -1.39. The first kappa shape index (κ1) is 20.7. The molecule has 136 valence electrons. The first-order valence-corrected chi connectivity index (χ1v) is 9.10. The number of hydrogen-bond donors (Lipinski definition) is 1. The summed E-state index contributed by atoms with van der Waals surface area (Å²) in [6.07, 6.45) is 1.90. The van der Waals surface area contributed by atoms with Crippen molar-refractivity contribution < 1.29 is 14.3 Å². The van der Waals surface area contributed by atoms with Crippen LogP contribution in [0.2, 0.25) is 0 Å². The zero-order valence-electron chi connectivity index (χ0n) is 15.6. The van der Waals surface area contributed by atoms with Crippen LogP contribution in [0.5, 0.6) is 0 Å². The van der Waals surface area contributed by atoms with Gasteiger partial charge in [0.15, 0.2) is 6.29 Å². The zero-order chi connectivity index (χ0) is 17.8. The predicted molar refractivity (Wildman–Crippen MR) is 97.8 cm³/mol. The van der Waals surface area contributed by atoms with Crippen LogP contribution >= 0.6 is 0 Å². The summed E-state index contributed by atoms with van der Waals surface area (Å²) in [6.45, 7) is 10.1. The standard InChI is InChI=1S/C20H33NO3/c1-5-23-20(24-6-2)18(14-16(3)4)15-19(22)21-13-12-17-10-8-7-9-11-17/h7-11,16,18,20H,5-6,12-15H2,1-4H3,(H,21,22). The lowest BCUT2D eigenvalue weighted by Crippen LogP contribution is -2.34. The third kappa shape index (κ3) is 8.46. The highest BCUT2D eigenvalue weighted by Gasteiger charge is 2.26. The van der Waals surface area contributed by atoms with Gasteiger partial charge >= 0.3 is 0 Å². The lowest BCUT2D eigenvalue weighted by molar-refractivity contribution is -0.173. The molecule has 1 aromatic rings. The van der Waals surface area contributed by atoms with Crippen molar-refractivity contribution in [2.75, 3.05) is 19.8 Å². The molecule has 1 amide bonds.